The Kier molecular flexibility index (Phi) is 7.06. The Morgan fingerprint density at radius 1 is 1.22 bits per heavy atom. The van der Waals surface area contributed by atoms with Crippen LogP contribution < -0.4 is 15.5 Å². The summed E-state index contributed by atoms with van der Waals surface area (Å²) in [6, 6.07) is 8.55. The summed E-state index contributed by atoms with van der Waals surface area (Å²) < 4.78 is 0. The van der Waals surface area contributed by atoms with Gasteiger partial charge in [0, 0.05) is 63.3 Å². The molecule has 0 radical (unpaired) electrons. The predicted octanol–water partition coefficient (Wildman–Crippen LogP) is 2.36. The number of nitrogens with one attached hydrogen (secondary N) is 2. The Balaban J connectivity index is 1.45. The number of hydrogen-bond acceptors (Lipinski definition) is 5. The van der Waals surface area contributed by atoms with Crippen LogP contribution in [0, 0.1) is 0 Å². The maximum absolute atomic E-state index is 4.65. The molecule has 0 amide bonds. The number of hydrogen-bond donors (Lipinski definition) is 2. The van der Waals surface area contributed by atoms with Crippen LogP contribution >= 0.6 is 11.3 Å². The number of aliphatic imine (C=N–C) groups is 1. The molecule has 7 heteroatoms. The van der Waals surface area contributed by atoms with Crippen LogP contribution in [0.2, 0.25) is 0 Å². The Labute approximate surface area is 166 Å². The number of guanidine groups is 1. The summed E-state index contributed by atoms with van der Waals surface area (Å²) in [7, 11) is 3.97. The molecule has 146 valence electrons. The third-order valence-electron chi connectivity index (χ3n) is 4.92. The van der Waals surface area contributed by atoms with Crippen LogP contribution in [-0.4, -0.2) is 62.7 Å². The number of rotatable bonds is 6. The summed E-state index contributed by atoms with van der Waals surface area (Å²) in [6.45, 7) is 8.07. The van der Waals surface area contributed by atoms with E-state index in [1.54, 1.807) is 18.4 Å². The van der Waals surface area contributed by atoms with Crippen molar-refractivity contribution in [3.05, 3.63) is 46.3 Å². The van der Waals surface area contributed by atoms with E-state index in [0.29, 0.717) is 12.5 Å². The summed E-state index contributed by atoms with van der Waals surface area (Å²) in [5.74, 6) is 2.36. The highest BCUT2D eigenvalue weighted by atomic mass is 32.1. The van der Waals surface area contributed by atoms with Crippen LogP contribution in [0.5, 0.6) is 0 Å². The van der Waals surface area contributed by atoms with Gasteiger partial charge in [0.2, 0.25) is 0 Å². The maximum atomic E-state index is 4.65. The standard InChI is InChI=1S/C20H30N6S/c1-16(18-5-4-12-27-18)13-23-20(21-2)24-15-17-6-7-19(22-14-17)26-10-8-25(3)9-11-26/h4-7,12,14,16H,8-11,13,15H2,1-3H3,(H2,21,23,24). The fourth-order valence-electron chi connectivity index (χ4n) is 3.07. The van der Waals surface area contributed by atoms with Crippen molar-refractivity contribution in [3.8, 4) is 0 Å². The highest BCUT2D eigenvalue weighted by Crippen LogP contribution is 2.19. The maximum Gasteiger partial charge on any atom is 0.191 e. The molecule has 1 fully saturated rings. The van der Waals surface area contributed by atoms with Gasteiger partial charge in [0.15, 0.2) is 5.96 Å². The minimum absolute atomic E-state index is 0.466. The van der Waals surface area contributed by atoms with E-state index in [9.17, 15) is 0 Å². The van der Waals surface area contributed by atoms with Crippen LogP contribution in [0.4, 0.5) is 5.82 Å². The Morgan fingerprint density at radius 2 is 2.04 bits per heavy atom. The number of aromatic nitrogens is 1. The molecule has 0 bridgehead atoms. The lowest BCUT2D eigenvalue weighted by Crippen LogP contribution is -2.44. The zero-order valence-corrected chi connectivity index (χ0v) is 17.3. The van der Waals surface area contributed by atoms with E-state index < -0.39 is 0 Å². The molecule has 0 spiro atoms. The van der Waals surface area contributed by atoms with Gasteiger partial charge in [0.1, 0.15) is 5.82 Å². The monoisotopic (exact) mass is 386 g/mol. The SMILES string of the molecule is CN=C(NCc1ccc(N2CCN(C)CC2)nc1)NCC(C)c1cccs1. The van der Waals surface area contributed by atoms with Gasteiger partial charge in [-0.25, -0.2) is 4.98 Å². The topological polar surface area (TPSA) is 55.8 Å². The summed E-state index contributed by atoms with van der Waals surface area (Å²) in [5, 5.41) is 8.90. The van der Waals surface area contributed by atoms with Gasteiger partial charge < -0.3 is 20.4 Å². The van der Waals surface area contributed by atoms with Crippen molar-refractivity contribution in [1.82, 2.24) is 20.5 Å². The van der Waals surface area contributed by atoms with Crippen molar-refractivity contribution in [2.24, 2.45) is 4.99 Å². The first-order chi connectivity index (χ1) is 13.2. The van der Waals surface area contributed by atoms with Crippen LogP contribution in [0.3, 0.4) is 0 Å². The Bertz CT molecular complexity index is 705. The fraction of sp³-hybridized carbons (Fsp3) is 0.500. The van der Waals surface area contributed by atoms with E-state index in [1.165, 1.54) is 4.88 Å². The first-order valence-corrected chi connectivity index (χ1v) is 10.4. The molecule has 2 N–H and O–H groups in total. The summed E-state index contributed by atoms with van der Waals surface area (Å²) >= 11 is 1.80. The first kappa shape index (κ1) is 19.6. The predicted molar refractivity (Wildman–Crippen MR) is 115 cm³/mol. The number of nitrogens with zero attached hydrogens (tertiary/aromatic N) is 4. The molecule has 1 aliphatic heterocycles. The molecular weight excluding hydrogens is 356 g/mol. The van der Waals surface area contributed by atoms with E-state index in [-0.39, 0.29) is 0 Å². The third kappa shape index (κ3) is 5.68. The van der Waals surface area contributed by atoms with Crippen LogP contribution in [0.15, 0.2) is 40.8 Å². The lowest BCUT2D eigenvalue weighted by molar-refractivity contribution is 0.312. The number of anilines is 1. The normalized spacial score (nSPS) is 17.0. The van der Waals surface area contributed by atoms with Gasteiger partial charge in [-0.3, -0.25) is 4.99 Å². The first-order valence-electron chi connectivity index (χ1n) is 9.52. The van der Waals surface area contributed by atoms with Crippen molar-refractivity contribution in [2.75, 3.05) is 51.7 Å². The van der Waals surface area contributed by atoms with E-state index in [4.69, 9.17) is 0 Å². The zero-order chi connectivity index (χ0) is 19.1. The minimum Gasteiger partial charge on any atom is -0.356 e. The van der Waals surface area contributed by atoms with Gasteiger partial charge in [-0.1, -0.05) is 19.1 Å². The second kappa shape index (κ2) is 9.71. The molecule has 3 heterocycles. The summed E-state index contributed by atoms with van der Waals surface area (Å²) in [6.07, 6.45) is 1.96. The smallest absolute Gasteiger partial charge is 0.191 e. The number of thiophene rings is 1. The van der Waals surface area contributed by atoms with E-state index in [2.05, 4.69) is 74.0 Å². The summed E-state index contributed by atoms with van der Waals surface area (Å²) in [5.41, 5.74) is 1.15. The van der Waals surface area contributed by atoms with Crippen LogP contribution in [0.1, 0.15) is 23.3 Å². The van der Waals surface area contributed by atoms with Crippen LogP contribution in [0.25, 0.3) is 0 Å². The van der Waals surface area contributed by atoms with Crippen molar-refractivity contribution in [1.29, 1.82) is 0 Å². The van der Waals surface area contributed by atoms with Crippen LogP contribution in [-0.2, 0) is 6.54 Å². The molecule has 6 nitrogen and oxygen atoms in total. The average Bonchev–Trinajstić information content (AvgIpc) is 3.24. The molecule has 1 atom stereocenters. The van der Waals surface area contributed by atoms with E-state index in [0.717, 1.165) is 50.1 Å². The van der Waals surface area contributed by atoms with Crippen molar-refractivity contribution in [3.63, 3.8) is 0 Å². The van der Waals surface area contributed by atoms with Gasteiger partial charge >= 0.3 is 0 Å². The number of pyridine rings is 1. The third-order valence-corrected chi connectivity index (χ3v) is 6.03. The largest absolute Gasteiger partial charge is 0.356 e. The minimum atomic E-state index is 0.466. The molecule has 2 aromatic rings. The molecular formula is C20H30N6S. The average molecular weight is 387 g/mol. The molecule has 1 unspecified atom stereocenters. The van der Waals surface area contributed by atoms with Gasteiger partial charge in [-0.2, -0.15) is 0 Å². The number of likely N-dealkylation sites (N-methyl/N-ethyl adjacent to an activating group) is 1. The molecule has 27 heavy (non-hydrogen) atoms. The summed E-state index contributed by atoms with van der Waals surface area (Å²) in [4.78, 5) is 15.1. The second-order valence-corrected chi connectivity index (χ2v) is 8.02. The molecule has 0 aromatic carbocycles. The van der Waals surface area contributed by atoms with Crippen molar-refractivity contribution in [2.45, 2.75) is 19.4 Å². The number of piperazine rings is 1. The second-order valence-electron chi connectivity index (χ2n) is 7.04. The molecule has 1 saturated heterocycles. The molecule has 2 aromatic heterocycles. The molecule has 0 aliphatic carbocycles. The Hall–Kier alpha value is -2.12. The van der Waals surface area contributed by atoms with E-state index in [1.807, 2.05) is 6.20 Å². The van der Waals surface area contributed by atoms with Crippen molar-refractivity contribution >= 4 is 23.1 Å². The molecule has 3 rings (SSSR count). The quantitative estimate of drug-likeness (QED) is 0.590. The highest BCUT2D eigenvalue weighted by Gasteiger charge is 2.15. The van der Waals surface area contributed by atoms with Crippen molar-refractivity contribution < 1.29 is 0 Å². The fourth-order valence-corrected chi connectivity index (χ4v) is 3.86. The Morgan fingerprint density at radius 3 is 2.67 bits per heavy atom. The van der Waals surface area contributed by atoms with Gasteiger partial charge in [-0.05, 0) is 30.1 Å². The molecule has 1 aliphatic rings. The van der Waals surface area contributed by atoms with Gasteiger partial charge in [0.25, 0.3) is 0 Å². The van der Waals surface area contributed by atoms with Gasteiger partial charge in [-0.15, -0.1) is 11.3 Å². The van der Waals surface area contributed by atoms with E-state index >= 15 is 0 Å². The molecule has 0 saturated carbocycles. The zero-order valence-electron chi connectivity index (χ0n) is 16.5. The lowest BCUT2D eigenvalue weighted by atomic mass is 10.1. The lowest BCUT2D eigenvalue weighted by Gasteiger charge is -2.33. The highest BCUT2D eigenvalue weighted by molar-refractivity contribution is 7.10. The van der Waals surface area contributed by atoms with Gasteiger partial charge in [0.05, 0.1) is 0 Å².